The van der Waals surface area contributed by atoms with Crippen LogP contribution in [0.4, 0.5) is 8.78 Å². The Kier molecular flexibility index (Phi) is 7.01. The first-order valence-corrected chi connectivity index (χ1v) is 10.2. The number of rotatable bonds is 8. The van der Waals surface area contributed by atoms with Crippen LogP contribution in [0, 0.1) is 11.6 Å². The van der Waals surface area contributed by atoms with Crippen LogP contribution >= 0.6 is 0 Å². The van der Waals surface area contributed by atoms with Crippen LogP contribution in [0.3, 0.4) is 0 Å². The second-order valence-electron chi connectivity index (χ2n) is 6.61. The molecule has 1 aromatic carbocycles. The highest BCUT2D eigenvalue weighted by atomic mass is 28.4. The summed E-state index contributed by atoms with van der Waals surface area (Å²) in [4.78, 5) is 10.8. The van der Waals surface area contributed by atoms with Gasteiger partial charge in [-0.25, -0.2) is 8.78 Å². The van der Waals surface area contributed by atoms with E-state index in [1.54, 1.807) is 6.07 Å². The highest BCUT2D eigenvalue weighted by Gasteiger charge is 2.37. The lowest BCUT2D eigenvalue weighted by atomic mass is 10.1. The van der Waals surface area contributed by atoms with Crippen molar-refractivity contribution in [3.8, 4) is 0 Å². The number of hydrogen-bond donors (Lipinski definition) is 1. The molecule has 0 spiro atoms. The summed E-state index contributed by atoms with van der Waals surface area (Å²) in [5, 5.41) is 0. The molecular weight excluding hydrogens is 286 g/mol. The van der Waals surface area contributed by atoms with Gasteiger partial charge in [-0.2, -0.15) is 0 Å². The normalized spacial score (nSPS) is 12.4. The monoisotopic (exact) mass is 314 g/mol. The molecule has 21 heavy (non-hydrogen) atoms. The van der Waals surface area contributed by atoms with E-state index in [-0.39, 0.29) is 0 Å². The van der Waals surface area contributed by atoms with Gasteiger partial charge in [-0.15, -0.1) is 0 Å². The van der Waals surface area contributed by atoms with Crippen molar-refractivity contribution in [3.63, 3.8) is 0 Å². The molecule has 1 aromatic rings. The highest BCUT2D eigenvalue weighted by Crippen LogP contribution is 2.34. The maximum Gasteiger partial charge on any atom is 0.193 e. The zero-order chi connectivity index (χ0) is 16.0. The number of aryl methyl sites for hydroxylation is 1. The number of hydrogen-bond acceptors (Lipinski definition) is 1. The summed E-state index contributed by atoms with van der Waals surface area (Å²) in [5.41, 5.74) is 1.60. The van der Waals surface area contributed by atoms with Crippen LogP contribution in [-0.2, 0) is 6.42 Å². The Morgan fingerprint density at radius 1 is 0.952 bits per heavy atom. The Morgan fingerprint density at radius 2 is 1.57 bits per heavy atom. The standard InChI is InChI=1S/C17H28F2OSi/c1-13(2)21(20,14(3)4)11-7-5-6-8-15-9-10-16(18)17(19)12-15/h9-10,12-14,20H,5-8,11H2,1-4H3. The lowest BCUT2D eigenvalue weighted by Crippen LogP contribution is -2.41. The maximum atomic E-state index is 13.1. The SMILES string of the molecule is CC(C)[Si](O)(CCCCCc1ccc(F)c(F)c1)C(C)C. The van der Waals surface area contributed by atoms with E-state index in [1.165, 1.54) is 12.1 Å². The summed E-state index contributed by atoms with van der Waals surface area (Å²) in [5.74, 6) is -1.56. The minimum Gasteiger partial charge on any atom is -0.431 e. The highest BCUT2D eigenvalue weighted by molar-refractivity contribution is 6.75. The van der Waals surface area contributed by atoms with Crippen LogP contribution in [0.25, 0.3) is 0 Å². The van der Waals surface area contributed by atoms with Gasteiger partial charge in [0.2, 0.25) is 0 Å². The molecule has 0 aromatic heterocycles. The first-order valence-electron chi connectivity index (χ1n) is 7.93. The van der Waals surface area contributed by atoms with E-state index in [4.69, 9.17) is 0 Å². The van der Waals surface area contributed by atoms with Gasteiger partial charge in [0.05, 0.1) is 0 Å². The van der Waals surface area contributed by atoms with Gasteiger partial charge >= 0.3 is 0 Å². The van der Waals surface area contributed by atoms with Gasteiger partial charge in [-0.05, 0) is 47.7 Å². The molecule has 4 heteroatoms. The summed E-state index contributed by atoms with van der Waals surface area (Å²) < 4.78 is 25.9. The van der Waals surface area contributed by atoms with Crippen LogP contribution in [-0.4, -0.2) is 13.1 Å². The molecule has 0 aliphatic carbocycles. The molecule has 0 unspecified atom stereocenters. The van der Waals surface area contributed by atoms with Crippen LogP contribution in [0.15, 0.2) is 18.2 Å². The summed E-state index contributed by atoms with van der Waals surface area (Å²) in [6.07, 6.45) is 3.75. The fraction of sp³-hybridized carbons (Fsp3) is 0.647. The van der Waals surface area contributed by atoms with Crippen molar-refractivity contribution < 1.29 is 13.6 Å². The van der Waals surface area contributed by atoms with Crippen molar-refractivity contribution in [1.29, 1.82) is 0 Å². The van der Waals surface area contributed by atoms with E-state index in [0.29, 0.717) is 11.1 Å². The Balaban J connectivity index is 2.35. The van der Waals surface area contributed by atoms with Crippen LogP contribution < -0.4 is 0 Å². The Bertz CT molecular complexity index is 438. The Morgan fingerprint density at radius 3 is 2.10 bits per heavy atom. The molecular formula is C17H28F2OSi. The minimum absolute atomic E-state index is 0.378. The molecule has 0 saturated carbocycles. The first-order chi connectivity index (χ1) is 9.77. The van der Waals surface area contributed by atoms with Crippen LogP contribution in [0.5, 0.6) is 0 Å². The summed E-state index contributed by atoms with van der Waals surface area (Å²) in [6, 6.07) is 5.04. The quantitative estimate of drug-likeness (QED) is 0.500. The number of halogens is 2. The molecule has 0 radical (unpaired) electrons. The second-order valence-corrected chi connectivity index (χ2v) is 11.4. The summed E-state index contributed by atoms with van der Waals surface area (Å²) in [7, 11) is -2.16. The van der Waals surface area contributed by atoms with E-state index in [9.17, 15) is 13.6 Å². The van der Waals surface area contributed by atoms with E-state index in [1.807, 2.05) is 0 Å². The minimum atomic E-state index is -2.16. The Hall–Kier alpha value is -0.743. The van der Waals surface area contributed by atoms with Gasteiger partial charge in [-0.3, -0.25) is 0 Å². The first kappa shape index (κ1) is 18.3. The maximum absolute atomic E-state index is 13.1. The van der Waals surface area contributed by atoms with Crippen molar-refractivity contribution in [2.24, 2.45) is 0 Å². The summed E-state index contributed by atoms with van der Waals surface area (Å²) >= 11 is 0. The van der Waals surface area contributed by atoms with Gasteiger partial charge in [-0.1, -0.05) is 46.6 Å². The number of unbranched alkanes of at least 4 members (excludes halogenated alkanes) is 2. The molecule has 0 aliphatic heterocycles. The predicted octanol–water partition coefficient (Wildman–Crippen LogP) is 5.44. The van der Waals surface area contributed by atoms with Crippen molar-refractivity contribution in [1.82, 2.24) is 0 Å². The lowest BCUT2D eigenvalue weighted by molar-refractivity contribution is 0.483. The van der Waals surface area contributed by atoms with Crippen molar-refractivity contribution in [3.05, 3.63) is 35.4 Å². The molecule has 0 atom stereocenters. The molecule has 0 bridgehead atoms. The van der Waals surface area contributed by atoms with Gasteiger partial charge in [0.1, 0.15) is 0 Å². The third-order valence-corrected chi connectivity index (χ3v) is 9.68. The Labute approximate surface area is 128 Å². The van der Waals surface area contributed by atoms with Gasteiger partial charge < -0.3 is 4.80 Å². The van der Waals surface area contributed by atoms with E-state index >= 15 is 0 Å². The van der Waals surface area contributed by atoms with Gasteiger partial charge in [0, 0.05) is 0 Å². The largest absolute Gasteiger partial charge is 0.431 e. The van der Waals surface area contributed by atoms with E-state index in [0.717, 1.165) is 37.3 Å². The van der Waals surface area contributed by atoms with Gasteiger partial charge in [0.15, 0.2) is 20.0 Å². The van der Waals surface area contributed by atoms with Crippen molar-refractivity contribution >= 4 is 8.32 Å². The predicted molar refractivity (Wildman–Crippen MR) is 86.9 cm³/mol. The fourth-order valence-corrected chi connectivity index (χ4v) is 6.16. The van der Waals surface area contributed by atoms with Gasteiger partial charge in [0.25, 0.3) is 0 Å². The average molecular weight is 314 g/mol. The van der Waals surface area contributed by atoms with E-state index in [2.05, 4.69) is 27.7 Å². The topological polar surface area (TPSA) is 20.2 Å². The molecule has 0 heterocycles. The lowest BCUT2D eigenvalue weighted by Gasteiger charge is -2.33. The molecule has 1 nitrogen and oxygen atoms in total. The molecule has 0 saturated heterocycles. The molecule has 0 amide bonds. The van der Waals surface area contributed by atoms with Crippen LogP contribution in [0.2, 0.25) is 17.1 Å². The fourth-order valence-electron chi connectivity index (χ4n) is 2.85. The molecule has 1 rings (SSSR count). The van der Waals surface area contributed by atoms with E-state index < -0.39 is 20.0 Å². The second kappa shape index (κ2) is 8.04. The third kappa shape index (κ3) is 5.18. The molecule has 1 N–H and O–H groups in total. The average Bonchev–Trinajstić information content (AvgIpc) is 2.41. The number of benzene rings is 1. The molecule has 120 valence electrons. The van der Waals surface area contributed by atoms with Crippen molar-refractivity contribution in [2.45, 2.75) is 70.5 Å². The van der Waals surface area contributed by atoms with Crippen molar-refractivity contribution in [2.75, 3.05) is 0 Å². The zero-order valence-corrected chi connectivity index (χ0v) is 14.6. The third-order valence-electron chi connectivity index (χ3n) is 4.53. The molecule has 0 aliphatic rings. The zero-order valence-electron chi connectivity index (χ0n) is 13.6. The smallest absolute Gasteiger partial charge is 0.193 e. The van der Waals surface area contributed by atoms with Crippen LogP contribution in [0.1, 0.15) is 52.5 Å². The summed E-state index contributed by atoms with van der Waals surface area (Å²) in [6.45, 7) is 8.47. The molecule has 0 fully saturated rings.